The molecule has 4 heterocycles. The van der Waals surface area contributed by atoms with E-state index in [-0.39, 0.29) is 11.8 Å². The summed E-state index contributed by atoms with van der Waals surface area (Å²) in [6.07, 6.45) is 0. The Bertz CT molecular complexity index is 1500. The second-order valence-corrected chi connectivity index (χ2v) is 12.3. The van der Waals surface area contributed by atoms with Gasteiger partial charge in [-0.05, 0) is 56.6 Å². The first-order valence-electron chi connectivity index (χ1n) is 12.9. The van der Waals surface area contributed by atoms with E-state index in [1.807, 2.05) is 52.3 Å². The molecule has 2 aromatic carbocycles. The Morgan fingerprint density at radius 2 is 1.26 bits per heavy atom. The first kappa shape index (κ1) is 28.2. The van der Waals surface area contributed by atoms with Crippen molar-refractivity contribution in [2.75, 3.05) is 66.5 Å². The largest absolute Gasteiger partial charge is 0.351 e. The SMILES string of the molecule is CN1CCN(C(=O)c2[nH]c3ccc(Br)cc3c2Cl)CC1.CN1CCN(C(=O)c2cc3cc(Br)ccc3[nH]2)CC1. The van der Waals surface area contributed by atoms with Crippen molar-refractivity contribution in [1.29, 1.82) is 0 Å². The lowest BCUT2D eigenvalue weighted by atomic mass is 10.2. The highest BCUT2D eigenvalue weighted by Gasteiger charge is 2.25. The lowest BCUT2D eigenvalue weighted by Gasteiger charge is -2.32. The van der Waals surface area contributed by atoms with Gasteiger partial charge in [0.25, 0.3) is 11.8 Å². The van der Waals surface area contributed by atoms with Crippen LogP contribution in [0.5, 0.6) is 0 Å². The quantitative estimate of drug-likeness (QED) is 0.302. The lowest BCUT2D eigenvalue weighted by molar-refractivity contribution is 0.0652. The fourth-order valence-electron chi connectivity index (χ4n) is 4.84. The van der Waals surface area contributed by atoms with Crippen molar-refractivity contribution in [2.24, 2.45) is 0 Å². The van der Waals surface area contributed by atoms with Crippen molar-refractivity contribution in [3.05, 3.63) is 67.8 Å². The van der Waals surface area contributed by atoms with Crippen LogP contribution in [0.15, 0.2) is 51.4 Å². The smallest absolute Gasteiger partial charge is 0.271 e. The number of carbonyl (C=O) groups is 2. The number of nitrogens with zero attached hydrogens (tertiary/aromatic N) is 4. The summed E-state index contributed by atoms with van der Waals surface area (Å²) in [5.74, 6) is 0.0795. The fourth-order valence-corrected chi connectivity index (χ4v) is 5.87. The third-order valence-corrected chi connectivity index (χ3v) is 8.68. The van der Waals surface area contributed by atoms with E-state index in [2.05, 4.69) is 65.7 Å². The summed E-state index contributed by atoms with van der Waals surface area (Å²) < 4.78 is 1.97. The number of halogens is 3. The van der Waals surface area contributed by atoms with Gasteiger partial charge >= 0.3 is 0 Å². The van der Waals surface area contributed by atoms with Gasteiger partial charge in [-0.25, -0.2) is 0 Å². The Balaban J connectivity index is 0.000000158. The molecule has 2 aliphatic rings. The van der Waals surface area contributed by atoms with E-state index >= 15 is 0 Å². The second-order valence-electron chi connectivity index (χ2n) is 10.1. The molecule has 8 nitrogen and oxygen atoms in total. The number of H-pyrrole nitrogens is 2. The highest BCUT2D eigenvalue weighted by Crippen LogP contribution is 2.30. The van der Waals surface area contributed by atoms with Gasteiger partial charge in [-0.2, -0.15) is 0 Å². The van der Waals surface area contributed by atoms with Crippen LogP contribution in [0, 0.1) is 0 Å². The van der Waals surface area contributed by atoms with Gasteiger partial charge in [0.1, 0.15) is 11.4 Å². The normalized spacial score (nSPS) is 16.9. The number of hydrogen-bond donors (Lipinski definition) is 2. The first-order valence-corrected chi connectivity index (χ1v) is 14.9. The van der Waals surface area contributed by atoms with Crippen molar-refractivity contribution in [3.63, 3.8) is 0 Å². The van der Waals surface area contributed by atoms with Gasteiger partial charge in [0.2, 0.25) is 0 Å². The van der Waals surface area contributed by atoms with Crippen molar-refractivity contribution in [2.45, 2.75) is 0 Å². The fraction of sp³-hybridized carbons (Fsp3) is 0.357. The maximum Gasteiger partial charge on any atom is 0.271 e. The maximum absolute atomic E-state index is 12.6. The van der Waals surface area contributed by atoms with Crippen LogP contribution < -0.4 is 0 Å². The number of rotatable bonds is 2. The van der Waals surface area contributed by atoms with E-state index < -0.39 is 0 Å². The predicted octanol–water partition coefficient (Wildman–Crippen LogP) is 5.29. The van der Waals surface area contributed by atoms with Crippen LogP contribution in [0.4, 0.5) is 0 Å². The van der Waals surface area contributed by atoms with Crippen molar-refractivity contribution in [1.82, 2.24) is 29.6 Å². The van der Waals surface area contributed by atoms with Crippen LogP contribution in [0.2, 0.25) is 5.02 Å². The van der Waals surface area contributed by atoms with E-state index in [9.17, 15) is 9.59 Å². The predicted molar refractivity (Wildman–Crippen MR) is 164 cm³/mol. The Kier molecular flexibility index (Phi) is 8.68. The van der Waals surface area contributed by atoms with Crippen LogP contribution in [-0.2, 0) is 0 Å². The molecule has 4 aromatic rings. The van der Waals surface area contributed by atoms with Crippen LogP contribution in [0.25, 0.3) is 21.8 Å². The Hall–Kier alpha value is -2.37. The molecular weight excluding hydrogens is 648 g/mol. The molecule has 11 heteroatoms. The summed E-state index contributed by atoms with van der Waals surface area (Å²) in [7, 11) is 4.15. The summed E-state index contributed by atoms with van der Waals surface area (Å²) in [6.45, 7) is 6.76. The minimum atomic E-state index is -0.0181. The molecule has 0 radical (unpaired) electrons. The molecule has 2 amide bonds. The highest BCUT2D eigenvalue weighted by molar-refractivity contribution is 9.10. The van der Waals surface area contributed by atoms with Crippen LogP contribution in [0.1, 0.15) is 21.0 Å². The molecular formula is C28H31Br2ClN6O2. The second kappa shape index (κ2) is 12.0. The average Bonchev–Trinajstić information content (AvgIpc) is 3.49. The number of piperazine rings is 2. The van der Waals surface area contributed by atoms with E-state index in [4.69, 9.17) is 11.6 Å². The van der Waals surface area contributed by atoms with Gasteiger partial charge in [0.05, 0.1) is 5.02 Å². The molecule has 2 aromatic heterocycles. The molecule has 0 atom stereocenters. The van der Waals surface area contributed by atoms with E-state index in [1.54, 1.807) is 0 Å². The molecule has 0 unspecified atom stereocenters. The number of nitrogens with one attached hydrogen (secondary N) is 2. The van der Waals surface area contributed by atoms with Crippen molar-refractivity contribution >= 4 is 77.1 Å². The number of hydrogen-bond acceptors (Lipinski definition) is 4. The van der Waals surface area contributed by atoms with Gasteiger partial charge in [0.15, 0.2) is 0 Å². The monoisotopic (exact) mass is 676 g/mol. The average molecular weight is 679 g/mol. The zero-order chi connectivity index (χ0) is 27.7. The Morgan fingerprint density at radius 1 is 0.718 bits per heavy atom. The van der Waals surface area contributed by atoms with Crippen molar-refractivity contribution < 1.29 is 9.59 Å². The molecule has 206 valence electrons. The molecule has 0 aliphatic carbocycles. The molecule has 2 aliphatic heterocycles. The van der Waals surface area contributed by atoms with E-state index in [0.29, 0.717) is 16.4 Å². The summed E-state index contributed by atoms with van der Waals surface area (Å²) in [5, 5.41) is 2.44. The number of amides is 2. The number of likely N-dealkylation sites (N-methyl/N-ethyl adjacent to an activating group) is 2. The number of fused-ring (bicyclic) bond motifs is 2. The van der Waals surface area contributed by atoms with Gasteiger partial charge in [-0.3, -0.25) is 9.59 Å². The standard InChI is InChI=1S/C14H15BrClN3O.C14H16BrN3O/c1-18-4-6-19(7-5-18)14(20)13-12(16)10-8-9(15)2-3-11(10)17-13;1-17-4-6-18(7-5-17)14(19)13-9-10-8-11(15)2-3-12(10)16-13/h2-3,8,17H,4-7H2,1H3;2-3,8-9,16H,4-7H2,1H3. The molecule has 2 saturated heterocycles. The topological polar surface area (TPSA) is 78.7 Å². The summed E-state index contributed by atoms with van der Waals surface area (Å²) in [4.78, 5) is 39.6. The van der Waals surface area contributed by atoms with Gasteiger partial charge in [-0.15, -0.1) is 0 Å². The van der Waals surface area contributed by atoms with Crippen molar-refractivity contribution in [3.8, 4) is 0 Å². The van der Waals surface area contributed by atoms with E-state index in [1.165, 1.54) is 0 Å². The third kappa shape index (κ3) is 6.36. The summed E-state index contributed by atoms with van der Waals surface area (Å²) in [6, 6.07) is 13.7. The zero-order valence-corrected chi connectivity index (χ0v) is 25.9. The minimum absolute atomic E-state index is 0.0181. The minimum Gasteiger partial charge on any atom is -0.351 e. The molecule has 39 heavy (non-hydrogen) atoms. The van der Waals surface area contributed by atoms with Crippen LogP contribution >= 0.6 is 43.5 Å². The van der Waals surface area contributed by atoms with Crippen LogP contribution in [0.3, 0.4) is 0 Å². The van der Waals surface area contributed by atoms with E-state index in [0.717, 1.165) is 83.1 Å². The van der Waals surface area contributed by atoms with Gasteiger partial charge < -0.3 is 29.6 Å². The molecule has 2 fully saturated rings. The summed E-state index contributed by atoms with van der Waals surface area (Å²) in [5.41, 5.74) is 3.05. The van der Waals surface area contributed by atoms with Gasteiger partial charge in [-0.1, -0.05) is 43.5 Å². The zero-order valence-electron chi connectivity index (χ0n) is 21.9. The van der Waals surface area contributed by atoms with Gasteiger partial charge in [0, 0.05) is 83.1 Å². The maximum atomic E-state index is 12.6. The van der Waals surface area contributed by atoms with Crippen LogP contribution in [-0.4, -0.2) is 108 Å². The third-order valence-electron chi connectivity index (χ3n) is 7.31. The number of aromatic amines is 2. The molecule has 0 bridgehead atoms. The number of carbonyl (C=O) groups excluding carboxylic acids is 2. The number of benzene rings is 2. The Morgan fingerprint density at radius 3 is 1.87 bits per heavy atom. The number of aromatic nitrogens is 2. The molecule has 2 N–H and O–H groups in total. The summed E-state index contributed by atoms with van der Waals surface area (Å²) >= 11 is 13.2. The molecule has 0 saturated carbocycles. The first-order chi connectivity index (χ1) is 18.7. The highest BCUT2D eigenvalue weighted by atomic mass is 79.9. The molecule has 0 spiro atoms. The Labute approximate surface area is 249 Å². The lowest BCUT2D eigenvalue weighted by Crippen LogP contribution is -2.47. The molecule has 6 rings (SSSR count).